The second-order valence-electron chi connectivity index (χ2n) is 8.27. The summed E-state index contributed by atoms with van der Waals surface area (Å²) >= 11 is 5.26. The minimum absolute atomic E-state index is 0.0611. The smallest absolute Gasteiger partial charge is 0.219 e. The topological polar surface area (TPSA) is 89.8 Å². The molecule has 5 nitrogen and oxygen atoms in total. The first kappa shape index (κ1) is 26.3. The number of unbranched alkanes of at least 4 members (excludes halogenated alkanes) is 1. The number of nitrogens with one attached hydrogen (secondary N) is 1. The van der Waals surface area contributed by atoms with Crippen molar-refractivity contribution in [1.29, 1.82) is 0 Å². The van der Waals surface area contributed by atoms with Gasteiger partial charge in [0.2, 0.25) is 5.91 Å². The van der Waals surface area contributed by atoms with Crippen LogP contribution >= 0.6 is 27.3 Å². The number of amides is 1. The van der Waals surface area contributed by atoms with Crippen LogP contribution in [0.1, 0.15) is 55.2 Å². The van der Waals surface area contributed by atoms with Gasteiger partial charge in [0, 0.05) is 39.5 Å². The first-order valence-corrected chi connectivity index (χ1v) is 12.8. The molecule has 1 aliphatic carbocycles. The van der Waals surface area contributed by atoms with Crippen LogP contribution in [0.25, 0.3) is 0 Å². The number of halogens is 1. The van der Waals surface area contributed by atoms with Gasteiger partial charge in [0.15, 0.2) is 0 Å². The van der Waals surface area contributed by atoms with Gasteiger partial charge in [0.25, 0.3) is 0 Å². The van der Waals surface area contributed by atoms with E-state index in [4.69, 9.17) is 0 Å². The van der Waals surface area contributed by atoms with Crippen LogP contribution in [-0.2, 0) is 11.2 Å². The highest BCUT2D eigenvalue weighted by Gasteiger charge is 2.39. The van der Waals surface area contributed by atoms with Crippen LogP contribution in [-0.4, -0.2) is 46.1 Å². The molecule has 1 aromatic rings. The fourth-order valence-electron chi connectivity index (χ4n) is 4.03. The first-order chi connectivity index (χ1) is 14.8. The van der Waals surface area contributed by atoms with Gasteiger partial charge in [-0.25, -0.2) is 0 Å². The number of aryl methyl sites for hydroxylation is 2. The zero-order valence-electron chi connectivity index (χ0n) is 18.5. The van der Waals surface area contributed by atoms with E-state index in [1.807, 2.05) is 25.2 Å². The fraction of sp³-hybridized carbons (Fsp3) is 0.625. The Kier molecular flexibility index (Phi) is 11.5. The maximum Gasteiger partial charge on any atom is 0.219 e. The lowest BCUT2D eigenvalue weighted by Gasteiger charge is -2.19. The lowest BCUT2D eigenvalue weighted by Crippen LogP contribution is -2.21. The average Bonchev–Trinajstić information content (AvgIpc) is 3.18. The van der Waals surface area contributed by atoms with Crippen molar-refractivity contribution < 1.29 is 20.1 Å². The quantitative estimate of drug-likeness (QED) is 0.248. The third-order valence-corrected chi connectivity index (χ3v) is 7.99. The molecule has 1 saturated carbocycles. The van der Waals surface area contributed by atoms with Crippen LogP contribution < -0.4 is 5.32 Å². The van der Waals surface area contributed by atoms with E-state index in [0.29, 0.717) is 32.2 Å². The van der Waals surface area contributed by atoms with E-state index in [-0.39, 0.29) is 17.7 Å². The molecule has 1 aromatic heterocycles. The lowest BCUT2D eigenvalue weighted by atomic mass is 9.89. The second-order valence-corrected chi connectivity index (χ2v) is 10.5. The van der Waals surface area contributed by atoms with Crippen molar-refractivity contribution >= 4 is 33.2 Å². The molecular weight excluding hydrogens is 478 g/mol. The molecule has 1 fully saturated rings. The summed E-state index contributed by atoms with van der Waals surface area (Å²) < 4.78 is 1.11. The van der Waals surface area contributed by atoms with E-state index >= 15 is 0 Å². The van der Waals surface area contributed by atoms with E-state index in [0.717, 1.165) is 23.7 Å². The predicted octanol–water partition coefficient (Wildman–Crippen LogP) is 4.28. The minimum atomic E-state index is -0.592. The molecule has 7 heteroatoms. The summed E-state index contributed by atoms with van der Waals surface area (Å²) in [6.07, 6.45) is 10.6. The first-order valence-electron chi connectivity index (χ1n) is 11.2. The highest BCUT2D eigenvalue weighted by Crippen LogP contribution is 2.36. The molecule has 174 valence electrons. The zero-order valence-corrected chi connectivity index (χ0v) is 20.9. The molecular formula is C24H36BrNO4S. The van der Waals surface area contributed by atoms with Crippen molar-refractivity contribution in [1.82, 2.24) is 5.32 Å². The highest BCUT2D eigenvalue weighted by atomic mass is 79.9. The van der Waals surface area contributed by atoms with E-state index < -0.39 is 18.3 Å². The Bertz CT molecular complexity index is 728. The Morgan fingerprint density at radius 1 is 1.35 bits per heavy atom. The largest absolute Gasteiger partial charge is 0.393 e. The van der Waals surface area contributed by atoms with Crippen LogP contribution in [0, 0.1) is 18.8 Å². The Hall–Kier alpha value is -0.990. The van der Waals surface area contributed by atoms with Crippen LogP contribution in [0.2, 0.25) is 0 Å². The number of rotatable bonds is 12. The predicted molar refractivity (Wildman–Crippen MR) is 130 cm³/mol. The third kappa shape index (κ3) is 8.81. The van der Waals surface area contributed by atoms with Crippen molar-refractivity contribution in [2.45, 2.75) is 77.1 Å². The molecule has 31 heavy (non-hydrogen) atoms. The molecule has 0 unspecified atom stereocenters. The van der Waals surface area contributed by atoms with Gasteiger partial charge in [-0.15, -0.1) is 11.3 Å². The molecule has 1 heterocycles. The second kappa shape index (κ2) is 13.5. The van der Waals surface area contributed by atoms with Crippen molar-refractivity contribution in [3.8, 4) is 0 Å². The van der Waals surface area contributed by atoms with Crippen molar-refractivity contribution in [3.63, 3.8) is 0 Å². The molecule has 0 aliphatic heterocycles. The fourth-order valence-corrected chi connectivity index (χ4v) is 5.64. The van der Waals surface area contributed by atoms with Gasteiger partial charge in [0.1, 0.15) is 0 Å². The number of allylic oxidation sites excluding steroid dienone is 2. The molecule has 0 spiro atoms. The number of carbonyl (C=O) groups is 1. The Labute approximate surface area is 198 Å². The van der Waals surface area contributed by atoms with Crippen molar-refractivity contribution in [3.05, 3.63) is 44.6 Å². The SMILES string of the molecule is CCNC(=O)CCC/C=C\C[C@@H]1[C@@H](/C=C/[C@@H](O)CCc2cc(Br)c(C)s2)[C@H](O)C[C@@H]1O. The summed E-state index contributed by atoms with van der Waals surface area (Å²) in [5.41, 5.74) is 0. The van der Waals surface area contributed by atoms with Crippen LogP contribution in [0.3, 0.4) is 0 Å². The number of hydrogen-bond acceptors (Lipinski definition) is 5. The maximum atomic E-state index is 11.5. The molecule has 4 N–H and O–H groups in total. The molecule has 0 bridgehead atoms. The van der Waals surface area contributed by atoms with Crippen molar-refractivity contribution in [2.24, 2.45) is 11.8 Å². The molecule has 1 amide bonds. The molecule has 1 aliphatic rings. The maximum absolute atomic E-state index is 11.5. The van der Waals surface area contributed by atoms with Crippen LogP contribution in [0.4, 0.5) is 0 Å². The molecule has 0 radical (unpaired) electrons. The normalized spacial score (nSPS) is 25.0. The van der Waals surface area contributed by atoms with E-state index in [2.05, 4.69) is 34.2 Å². The summed E-state index contributed by atoms with van der Waals surface area (Å²) in [6.45, 7) is 4.64. The van der Waals surface area contributed by atoms with E-state index in [1.54, 1.807) is 17.4 Å². The minimum Gasteiger partial charge on any atom is -0.393 e. The van der Waals surface area contributed by atoms with Gasteiger partial charge in [-0.05, 0) is 73.9 Å². The van der Waals surface area contributed by atoms with E-state index in [9.17, 15) is 20.1 Å². The van der Waals surface area contributed by atoms with Gasteiger partial charge < -0.3 is 20.6 Å². The molecule has 5 atom stereocenters. The lowest BCUT2D eigenvalue weighted by molar-refractivity contribution is -0.121. The standard InChI is InChI=1S/C24H36BrNO4S/c1-3-26-24(30)9-7-5-4-6-8-19-20(23(29)15-22(19)28)13-11-17(27)10-12-18-14-21(25)16(2)31-18/h4,6,11,13-14,17,19-20,22-23,27-29H,3,5,7-10,12,15H2,1-2H3,(H,26,30)/b6-4-,13-11+/t17-,19+,20+,22-,23+/m0/s1. The molecule has 2 rings (SSSR count). The van der Waals surface area contributed by atoms with Gasteiger partial charge in [-0.1, -0.05) is 24.3 Å². The zero-order chi connectivity index (χ0) is 22.8. The average molecular weight is 515 g/mol. The van der Waals surface area contributed by atoms with Gasteiger partial charge in [-0.2, -0.15) is 0 Å². The Morgan fingerprint density at radius 2 is 2.13 bits per heavy atom. The number of carbonyl (C=O) groups excluding carboxylic acids is 1. The monoisotopic (exact) mass is 513 g/mol. The summed E-state index contributed by atoms with van der Waals surface area (Å²) in [5, 5.41) is 33.9. The number of hydrogen-bond donors (Lipinski definition) is 4. The number of thiophene rings is 1. The summed E-state index contributed by atoms with van der Waals surface area (Å²) in [4.78, 5) is 13.9. The number of aliphatic hydroxyl groups is 3. The summed E-state index contributed by atoms with van der Waals surface area (Å²) in [5.74, 6) is -0.146. The van der Waals surface area contributed by atoms with Crippen LogP contribution in [0.15, 0.2) is 34.8 Å². The molecule has 0 saturated heterocycles. The number of aliphatic hydroxyl groups excluding tert-OH is 3. The van der Waals surface area contributed by atoms with Gasteiger partial charge in [0.05, 0.1) is 18.3 Å². The Balaban J connectivity index is 1.79. The Morgan fingerprint density at radius 3 is 2.81 bits per heavy atom. The summed E-state index contributed by atoms with van der Waals surface area (Å²) in [7, 11) is 0. The van der Waals surface area contributed by atoms with Crippen molar-refractivity contribution in [2.75, 3.05) is 6.54 Å². The van der Waals surface area contributed by atoms with Gasteiger partial charge in [-0.3, -0.25) is 4.79 Å². The highest BCUT2D eigenvalue weighted by molar-refractivity contribution is 9.10. The third-order valence-electron chi connectivity index (χ3n) is 5.79. The van der Waals surface area contributed by atoms with Crippen LogP contribution in [0.5, 0.6) is 0 Å². The van der Waals surface area contributed by atoms with E-state index in [1.165, 1.54) is 9.75 Å². The summed E-state index contributed by atoms with van der Waals surface area (Å²) in [6, 6.07) is 2.10. The van der Waals surface area contributed by atoms with Gasteiger partial charge >= 0.3 is 0 Å². The molecule has 0 aromatic carbocycles.